The van der Waals surface area contributed by atoms with Crippen molar-refractivity contribution in [2.75, 3.05) is 31.2 Å². The molecule has 162 valence electrons. The van der Waals surface area contributed by atoms with Crippen LogP contribution in [0.1, 0.15) is 22.8 Å². The second kappa shape index (κ2) is 8.85. The first-order valence-corrected chi connectivity index (χ1v) is 10.2. The number of morpholine rings is 1. The van der Waals surface area contributed by atoms with Gasteiger partial charge in [0.1, 0.15) is 17.2 Å². The number of amides is 1. The molecule has 0 radical (unpaired) electrons. The molecule has 0 atom stereocenters. The Morgan fingerprint density at radius 3 is 2.52 bits per heavy atom. The molecule has 1 N–H and O–H groups in total. The minimum Gasteiger partial charge on any atom is -0.378 e. The molecule has 2 aromatic carbocycles. The largest absolute Gasteiger partial charge is 0.378 e. The van der Waals surface area contributed by atoms with Gasteiger partial charge >= 0.3 is 0 Å². The monoisotopic (exact) mass is 427 g/mol. The van der Waals surface area contributed by atoms with Crippen molar-refractivity contribution in [3.05, 3.63) is 75.6 Å². The molecular weight excluding hydrogens is 404 g/mol. The summed E-state index contributed by atoms with van der Waals surface area (Å²) in [7, 11) is 0. The van der Waals surface area contributed by atoms with Gasteiger partial charge in [0.2, 0.25) is 5.43 Å². The first-order valence-electron chi connectivity index (χ1n) is 10.2. The quantitative estimate of drug-likeness (QED) is 0.680. The van der Waals surface area contributed by atoms with Gasteiger partial charge < -0.3 is 19.5 Å². The molecule has 2 heterocycles. The van der Waals surface area contributed by atoms with Gasteiger partial charge in [-0.2, -0.15) is 0 Å². The number of aryl methyl sites for hydroxylation is 1. The number of nitrogens with one attached hydrogen (secondary N) is 1. The number of nitrogens with zero attached hydrogens (tertiary/aromatic N) is 2. The maximum Gasteiger partial charge on any atom is 0.257 e. The molecule has 1 amide bonds. The molecule has 1 saturated heterocycles. The van der Waals surface area contributed by atoms with Crippen LogP contribution in [0.25, 0.3) is 10.9 Å². The maximum absolute atomic E-state index is 15.1. The van der Waals surface area contributed by atoms with E-state index >= 15 is 4.39 Å². The van der Waals surface area contributed by atoms with Crippen molar-refractivity contribution in [1.29, 1.82) is 0 Å². The van der Waals surface area contributed by atoms with Crippen molar-refractivity contribution in [2.45, 2.75) is 20.0 Å². The summed E-state index contributed by atoms with van der Waals surface area (Å²) in [5.41, 5.74) is 1.04. The summed E-state index contributed by atoms with van der Waals surface area (Å²) >= 11 is 0. The van der Waals surface area contributed by atoms with Gasteiger partial charge in [-0.05, 0) is 36.8 Å². The van der Waals surface area contributed by atoms with Crippen molar-refractivity contribution in [1.82, 2.24) is 9.88 Å². The summed E-state index contributed by atoms with van der Waals surface area (Å²) in [4.78, 5) is 27.7. The molecule has 0 unspecified atom stereocenters. The third kappa shape index (κ3) is 4.29. The first-order chi connectivity index (χ1) is 15.0. The second-order valence-corrected chi connectivity index (χ2v) is 7.39. The third-order valence-corrected chi connectivity index (χ3v) is 5.45. The molecule has 31 heavy (non-hydrogen) atoms. The lowest BCUT2D eigenvalue weighted by Gasteiger charge is -2.29. The number of aromatic nitrogens is 1. The minimum absolute atomic E-state index is 0.103. The maximum atomic E-state index is 15.1. The first kappa shape index (κ1) is 21.0. The van der Waals surface area contributed by atoms with Crippen molar-refractivity contribution in [3.8, 4) is 0 Å². The van der Waals surface area contributed by atoms with Crippen LogP contribution < -0.4 is 15.6 Å². The van der Waals surface area contributed by atoms with E-state index in [9.17, 15) is 14.0 Å². The van der Waals surface area contributed by atoms with Gasteiger partial charge in [0.25, 0.3) is 5.91 Å². The fourth-order valence-corrected chi connectivity index (χ4v) is 3.76. The highest BCUT2D eigenvalue weighted by atomic mass is 19.1. The highest BCUT2D eigenvalue weighted by molar-refractivity contribution is 5.98. The molecule has 1 aromatic heterocycles. The summed E-state index contributed by atoms with van der Waals surface area (Å²) in [6.45, 7) is 4.86. The lowest BCUT2D eigenvalue weighted by atomic mass is 10.1. The number of hydrogen-bond acceptors (Lipinski definition) is 4. The molecule has 0 aliphatic carbocycles. The SMILES string of the molecule is CCn1cc(C(=O)NCc2ccc(F)cc2)c(=O)c2c(F)cc(N3CCOCC3)cc21. The fourth-order valence-electron chi connectivity index (χ4n) is 3.76. The number of benzene rings is 2. The Kier molecular flexibility index (Phi) is 5.99. The van der Waals surface area contributed by atoms with Crippen LogP contribution in [0.2, 0.25) is 0 Å². The average molecular weight is 427 g/mol. The summed E-state index contributed by atoms with van der Waals surface area (Å²) < 4.78 is 35.2. The van der Waals surface area contributed by atoms with Crippen LogP contribution in [0.15, 0.2) is 47.4 Å². The molecule has 3 aromatic rings. The van der Waals surface area contributed by atoms with Crippen LogP contribution >= 0.6 is 0 Å². The number of fused-ring (bicyclic) bond motifs is 1. The van der Waals surface area contributed by atoms with E-state index in [-0.39, 0.29) is 23.3 Å². The number of rotatable bonds is 5. The van der Waals surface area contributed by atoms with Gasteiger partial charge in [0, 0.05) is 38.1 Å². The highest BCUT2D eigenvalue weighted by Gasteiger charge is 2.20. The standard InChI is InChI=1S/C23H23F2N3O3/c1-2-27-14-18(23(30)26-13-15-3-5-16(24)6-4-15)22(29)21-19(25)11-17(12-20(21)27)28-7-9-31-10-8-28/h3-6,11-12,14H,2,7-10,13H2,1H3,(H,26,30). The molecular formula is C23H23F2N3O3. The van der Waals surface area contributed by atoms with E-state index in [1.54, 1.807) is 22.8 Å². The van der Waals surface area contributed by atoms with Crippen molar-refractivity contribution in [3.63, 3.8) is 0 Å². The Labute approximate surface area is 178 Å². The summed E-state index contributed by atoms with van der Waals surface area (Å²) in [6.07, 6.45) is 1.47. The van der Waals surface area contributed by atoms with Gasteiger partial charge in [0.15, 0.2) is 0 Å². The molecule has 6 nitrogen and oxygen atoms in total. The van der Waals surface area contributed by atoms with Gasteiger partial charge in [-0.1, -0.05) is 12.1 Å². The van der Waals surface area contributed by atoms with Gasteiger partial charge in [-0.15, -0.1) is 0 Å². The van der Waals surface area contributed by atoms with Crippen molar-refractivity contribution in [2.24, 2.45) is 0 Å². The van der Waals surface area contributed by atoms with Gasteiger partial charge in [0.05, 0.1) is 24.1 Å². The number of carbonyl (C=O) groups is 1. The number of hydrogen-bond donors (Lipinski definition) is 1. The number of halogens is 2. The van der Waals surface area contributed by atoms with E-state index in [4.69, 9.17) is 4.74 Å². The zero-order valence-electron chi connectivity index (χ0n) is 17.2. The third-order valence-electron chi connectivity index (χ3n) is 5.45. The number of carbonyl (C=O) groups excluding carboxylic acids is 1. The van der Waals surface area contributed by atoms with Crippen LogP contribution in [0, 0.1) is 11.6 Å². The topological polar surface area (TPSA) is 63.6 Å². The smallest absolute Gasteiger partial charge is 0.257 e. The highest BCUT2D eigenvalue weighted by Crippen LogP contribution is 2.25. The number of anilines is 1. The zero-order valence-corrected chi connectivity index (χ0v) is 17.2. The van der Waals surface area contributed by atoms with E-state index in [0.717, 1.165) is 0 Å². The lowest BCUT2D eigenvalue weighted by molar-refractivity contribution is 0.0949. The summed E-state index contributed by atoms with van der Waals surface area (Å²) in [5.74, 6) is -1.63. The van der Waals surface area contributed by atoms with Gasteiger partial charge in [-0.25, -0.2) is 8.78 Å². The molecule has 0 bridgehead atoms. The summed E-state index contributed by atoms with van der Waals surface area (Å²) in [5, 5.41) is 2.55. The van der Waals surface area contributed by atoms with E-state index in [1.807, 2.05) is 11.8 Å². The Morgan fingerprint density at radius 1 is 1.13 bits per heavy atom. The number of ether oxygens (including phenoxy) is 1. The molecule has 1 aliphatic rings. The van der Waals surface area contributed by atoms with E-state index in [1.165, 1.54) is 24.4 Å². The second-order valence-electron chi connectivity index (χ2n) is 7.39. The van der Waals surface area contributed by atoms with Crippen LogP contribution in [0.4, 0.5) is 14.5 Å². The lowest BCUT2D eigenvalue weighted by Crippen LogP contribution is -2.36. The van der Waals surface area contributed by atoms with Gasteiger partial charge in [-0.3, -0.25) is 9.59 Å². The Balaban J connectivity index is 1.69. The molecule has 8 heteroatoms. The van der Waals surface area contributed by atoms with Crippen molar-refractivity contribution >= 4 is 22.5 Å². The average Bonchev–Trinajstić information content (AvgIpc) is 2.79. The molecule has 4 rings (SSSR count). The normalized spacial score (nSPS) is 14.1. The van der Waals surface area contributed by atoms with E-state index in [2.05, 4.69) is 5.32 Å². The van der Waals surface area contributed by atoms with Crippen LogP contribution in [0.5, 0.6) is 0 Å². The molecule has 0 saturated carbocycles. The molecule has 1 aliphatic heterocycles. The van der Waals surface area contributed by atoms with Crippen LogP contribution in [0.3, 0.4) is 0 Å². The predicted octanol–water partition coefficient (Wildman–Crippen LogP) is 3.07. The predicted molar refractivity (Wildman–Crippen MR) is 114 cm³/mol. The molecule has 0 spiro atoms. The number of pyridine rings is 1. The Morgan fingerprint density at radius 2 is 1.84 bits per heavy atom. The fraction of sp³-hybridized carbons (Fsp3) is 0.304. The molecule has 1 fully saturated rings. The minimum atomic E-state index is -0.653. The summed E-state index contributed by atoms with van der Waals surface area (Å²) in [6, 6.07) is 8.82. The van der Waals surface area contributed by atoms with Crippen molar-refractivity contribution < 1.29 is 18.3 Å². The van der Waals surface area contributed by atoms with E-state index < -0.39 is 17.2 Å². The zero-order chi connectivity index (χ0) is 22.0. The van der Waals surface area contributed by atoms with Crippen LogP contribution in [-0.2, 0) is 17.8 Å². The Bertz CT molecular complexity index is 1170. The Hall–Kier alpha value is -3.26. The van der Waals surface area contributed by atoms with E-state index in [0.29, 0.717) is 49.6 Å². The van der Waals surface area contributed by atoms with Crippen LogP contribution in [-0.4, -0.2) is 36.8 Å².